The molecule has 2 rings (SSSR count). The van der Waals surface area contributed by atoms with Crippen molar-refractivity contribution in [3.05, 3.63) is 21.6 Å². The number of nitrogens with zero attached hydrogens (tertiary/aromatic N) is 4. The van der Waals surface area contributed by atoms with Gasteiger partial charge in [0.1, 0.15) is 0 Å². The van der Waals surface area contributed by atoms with Crippen LogP contribution in [0.25, 0.3) is 21.6 Å². The molecule has 2 aliphatic heterocycles. The van der Waals surface area contributed by atoms with Crippen LogP contribution in [-0.2, 0) is 26.3 Å². The molecule has 9 heteroatoms. The van der Waals surface area contributed by atoms with E-state index in [9.17, 15) is 21.6 Å². The molecule has 0 aliphatic carbocycles. The molecule has 1 radical (unpaired) electrons. The Morgan fingerprint density at radius 1 is 0.283 bits per heavy atom. The first-order chi connectivity index (χ1) is 21.6. The van der Waals surface area contributed by atoms with Crippen LogP contribution in [0.2, 0.25) is 0 Å². The Kier molecular flexibility index (Phi) is 35.7. The average molecular weight is 778 g/mol. The van der Waals surface area contributed by atoms with Crippen LogP contribution in [0.5, 0.6) is 0 Å². The summed E-state index contributed by atoms with van der Waals surface area (Å²) in [4.78, 5) is 0. The van der Waals surface area contributed by atoms with E-state index in [0.29, 0.717) is 22.8 Å². The molecule has 6 nitrogen and oxygen atoms in total. The van der Waals surface area contributed by atoms with Gasteiger partial charge in [0.15, 0.2) is 0 Å². The summed E-state index contributed by atoms with van der Waals surface area (Å²) in [6, 6.07) is 0. The van der Waals surface area contributed by atoms with Gasteiger partial charge in [-0.3, -0.25) is 0 Å². The number of hydrogen-bond acceptors (Lipinski definition) is 2. The number of rotatable bonds is 0. The maximum absolute atomic E-state index is 9.64. The molecule has 0 aromatic rings. The van der Waals surface area contributed by atoms with Crippen molar-refractivity contribution in [1.29, 1.82) is 0 Å². The smallest absolute Gasteiger partial charge is 0.810 e. The summed E-state index contributed by atoms with van der Waals surface area (Å²) in [5, 5.41) is 38.6. The van der Waals surface area contributed by atoms with Crippen molar-refractivity contribution in [3.8, 4) is 0 Å². The molecule has 307 valence electrons. The van der Waals surface area contributed by atoms with E-state index < -0.39 is 0 Å². The number of ether oxygens (including phenoxy) is 2. The molecule has 0 aromatic carbocycles. The molecule has 0 aromatic heterocycles. The van der Waals surface area contributed by atoms with Gasteiger partial charge in [0, 0.05) is 26.4 Å². The van der Waals surface area contributed by atoms with Crippen LogP contribution in [0.15, 0.2) is 0 Å². The molecular formula is C44H88CoLi2N4O2. The molecule has 2 saturated heterocycles. The Hall–Kier alpha value is 0.301. The molecule has 0 amide bonds. The van der Waals surface area contributed by atoms with Gasteiger partial charge in [0.05, 0.1) is 0 Å². The monoisotopic (exact) mass is 778 g/mol. The van der Waals surface area contributed by atoms with Crippen LogP contribution in [-0.4, -0.2) is 49.3 Å². The van der Waals surface area contributed by atoms with Crippen LogP contribution in [0.4, 0.5) is 0 Å². The summed E-state index contributed by atoms with van der Waals surface area (Å²) < 4.78 is 9.89. The van der Waals surface area contributed by atoms with Crippen LogP contribution in [0, 0.1) is 43.3 Å². The van der Waals surface area contributed by atoms with Gasteiger partial charge < -0.3 is 31.1 Å². The zero-order valence-electron chi connectivity index (χ0n) is 40.6. The second kappa shape index (κ2) is 27.9. The SMILES string of the molecule is C1CCOC1.C1CCOC1.CC(C)(C)C(=[N-])C(C)(C)C.CC(C)(C)C(=[N-])C(C)(C)C.CC(C)(C)C(=[N-])C(C)(C)C.CC(C)(C)C(=[N-])C(C)(C)C.[Co+2].[Li+].[Li+]. The zero-order valence-corrected chi connectivity index (χ0v) is 41.6. The quantitative estimate of drug-likeness (QED) is 0.184. The minimum Gasteiger partial charge on any atom is -0.810 e. The van der Waals surface area contributed by atoms with Gasteiger partial charge in [-0.05, 0) is 69.0 Å². The minimum atomic E-state index is -0.0851. The van der Waals surface area contributed by atoms with Crippen molar-refractivity contribution >= 4 is 22.8 Å². The zero-order chi connectivity index (χ0) is 41.4. The van der Waals surface area contributed by atoms with Gasteiger partial charge in [-0.15, -0.1) is 0 Å². The second-order valence-corrected chi connectivity index (χ2v) is 22.0. The molecule has 2 aliphatic rings. The Morgan fingerprint density at radius 2 is 0.377 bits per heavy atom. The van der Waals surface area contributed by atoms with Crippen molar-refractivity contribution in [2.24, 2.45) is 43.3 Å². The first-order valence-electron chi connectivity index (χ1n) is 19.0. The first kappa shape index (κ1) is 68.0. The molecule has 0 spiro atoms. The second-order valence-electron chi connectivity index (χ2n) is 22.0. The molecule has 53 heavy (non-hydrogen) atoms. The van der Waals surface area contributed by atoms with Crippen LogP contribution >= 0.6 is 0 Å². The fourth-order valence-corrected chi connectivity index (χ4v) is 5.52. The molecule has 0 N–H and O–H groups in total. The predicted molar refractivity (Wildman–Crippen MR) is 229 cm³/mol. The van der Waals surface area contributed by atoms with Crippen molar-refractivity contribution in [3.63, 3.8) is 0 Å². The fraction of sp³-hybridized carbons (Fsp3) is 0.909. The van der Waals surface area contributed by atoms with E-state index in [1.807, 2.05) is 166 Å². The molecule has 0 atom stereocenters. The Morgan fingerprint density at radius 3 is 0.396 bits per heavy atom. The van der Waals surface area contributed by atoms with E-state index in [2.05, 4.69) is 0 Å². The Labute approximate surface area is 367 Å². The van der Waals surface area contributed by atoms with Crippen molar-refractivity contribution < 1.29 is 64.0 Å². The van der Waals surface area contributed by atoms with Gasteiger partial charge in [-0.2, -0.15) is 22.8 Å². The van der Waals surface area contributed by atoms with Crippen molar-refractivity contribution in [1.82, 2.24) is 0 Å². The molecule has 0 bridgehead atoms. The molecule has 0 saturated carbocycles. The third kappa shape index (κ3) is 38.9. The summed E-state index contributed by atoms with van der Waals surface area (Å²) in [5.74, 6) is 0. The topological polar surface area (TPSA) is 108 Å². The van der Waals surface area contributed by atoms with Crippen molar-refractivity contribution in [2.45, 2.75) is 192 Å². The Balaban J connectivity index is -0.0000000962. The van der Waals surface area contributed by atoms with E-state index in [1.165, 1.54) is 25.7 Å². The fourth-order valence-electron chi connectivity index (χ4n) is 5.52. The third-order valence-electron chi connectivity index (χ3n) is 7.34. The predicted octanol–water partition coefficient (Wildman–Crippen LogP) is 7.96. The van der Waals surface area contributed by atoms with E-state index in [1.54, 1.807) is 0 Å². The summed E-state index contributed by atoms with van der Waals surface area (Å²) in [6.45, 7) is 52.5. The summed E-state index contributed by atoms with van der Waals surface area (Å²) in [5.41, 5.74) is 1.60. The van der Waals surface area contributed by atoms with Crippen LogP contribution < -0.4 is 37.7 Å². The average Bonchev–Trinajstić information content (AvgIpc) is 3.63. The van der Waals surface area contributed by atoms with Gasteiger partial charge in [0.25, 0.3) is 0 Å². The summed E-state index contributed by atoms with van der Waals surface area (Å²) in [7, 11) is 0. The van der Waals surface area contributed by atoms with Crippen LogP contribution in [0.3, 0.4) is 0 Å². The minimum absolute atomic E-state index is 0. The summed E-state index contributed by atoms with van der Waals surface area (Å²) in [6.07, 6.45) is 5.11. The standard InChI is InChI=1S/4C9H18N.2C4H8O.Co.2Li/c4*1-8(2,3)7(10)9(4,5)6;2*1-2-4-5-3-1;;;/h4*1-6H3;2*1-4H2;;;/q4*-1;;;+2;2*+1. The first-order valence-corrected chi connectivity index (χ1v) is 19.0. The normalized spacial score (nSPS) is 14.6. The Bertz CT molecular complexity index is 761. The molecule has 2 fully saturated rings. The van der Waals surface area contributed by atoms with E-state index in [0.717, 1.165) is 26.4 Å². The van der Waals surface area contributed by atoms with Gasteiger partial charge in [0.2, 0.25) is 0 Å². The largest absolute Gasteiger partial charge is 2.00 e. The van der Waals surface area contributed by atoms with E-state index >= 15 is 0 Å². The number of hydrogen-bond donors (Lipinski definition) is 0. The maximum Gasteiger partial charge on any atom is 2.00 e. The van der Waals surface area contributed by atoms with Gasteiger partial charge in [-0.1, -0.05) is 166 Å². The molecule has 2 heterocycles. The van der Waals surface area contributed by atoms with E-state index in [4.69, 9.17) is 9.47 Å². The van der Waals surface area contributed by atoms with Crippen molar-refractivity contribution in [2.75, 3.05) is 26.4 Å². The maximum atomic E-state index is 9.64. The molecule has 0 unspecified atom stereocenters. The molecular weight excluding hydrogens is 689 g/mol. The third-order valence-corrected chi connectivity index (χ3v) is 7.34. The summed E-state index contributed by atoms with van der Waals surface area (Å²) >= 11 is 0. The van der Waals surface area contributed by atoms with Gasteiger partial charge >= 0.3 is 54.5 Å². The van der Waals surface area contributed by atoms with Crippen LogP contribution in [0.1, 0.15) is 192 Å². The van der Waals surface area contributed by atoms with Gasteiger partial charge in [-0.25, -0.2) is 0 Å². The van der Waals surface area contributed by atoms with E-state index in [-0.39, 0.29) is 97.8 Å².